The quantitative estimate of drug-likeness (QED) is 0.340. The smallest absolute Gasteiger partial charge is 0.255 e. The first-order chi connectivity index (χ1) is 27.7. The zero-order chi connectivity index (χ0) is 38.9. The Labute approximate surface area is 331 Å². The normalized spacial score (nSPS) is 30.2. The molecule has 2 N–H and O–H groups in total. The van der Waals surface area contributed by atoms with Crippen LogP contribution in [0.2, 0.25) is 0 Å². The number of aromatic hydroxyl groups is 1. The highest BCUT2D eigenvalue weighted by Gasteiger charge is 2.43. The van der Waals surface area contributed by atoms with Crippen molar-refractivity contribution in [3.8, 4) is 11.5 Å². The van der Waals surface area contributed by atoms with E-state index in [0.717, 1.165) is 57.5 Å². The molecule has 0 aromatic heterocycles. The number of allylic oxidation sites excluding steroid dienone is 6. The number of benzene rings is 2. The fourth-order valence-corrected chi connectivity index (χ4v) is 10.6. The van der Waals surface area contributed by atoms with Gasteiger partial charge in [0.2, 0.25) is 11.8 Å². The van der Waals surface area contributed by atoms with E-state index in [1.807, 2.05) is 17.0 Å². The number of ether oxygens (including phenoxy) is 1. The van der Waals surface area contributed by atoms with Gasteiger partial charge in [-0.15, -0.1) is 0 Å². The molecule has 0 radical (unpaired) electrons. The Morgan fingerprint density at radius 2 is 1.72 bits per heavy atom. The van der Waals surface area contributed by atoms with E-state index < -0.39 is 17.8 Å². The molecule has 6 atom stereocenters. The minimum atomic E-state index is -0.731. The van der Waals surface area contributed by atoms with Crippen LogP contribution < -0.4 is 15.0 Å². The standard InChI is InChI=1S/C45H49F2N5O5/c46-36-19-29(43-33-5-4-32(53)21-41(33)57-25-35(43)28-2-1-27-17-30(27)18-28)3-6-38(36)50-11-9-26(10-12-50)23-49-13-15-51(16-14-49)40-20-31-24-52(45(56)34(31)22-37(40)47)39-7-8-42(54)48-44(39)55/h1-2,4-6,18-22,26-27,29-30,35,39,43,53H,3,7-17,23-25H2,(H,48,54,55)/t27?,29?,30?,35?,39?,43-/m1/s1. The predicted molar refractivity (Wildman–Crippen MR) is 209 cm³/mol. The lowest BCUT2D eigenvalue weighted by Gasteiger charge is -2.42. The number of carbonyl (C=O) groups is 3. The number of amides is 3. The van der Waals surface area contributed by atoms with Crippen LogP contribution in [-0.4, -0.2) is 96.0 Å². The Bertz CT molecular complexity index is 2130. The van der Waals surface area contributed by atoms with Crippen molar-refractivity contribution < 1.29 is 33.0 Å². The van der Waals surface area contributed by atoms with Gasteiger partial charge in [-0.25, -0.2) is 8.78 Å². The SMILES string of the molecule is O=C1CCC(N2Cc3cc(N4CCN(CC5CCN(C6=CCC([C@@H]7c8ccc(O)cc8OCC7C7=CC8CC8C=C7)C=C6F)CC5)CC4)c(F)cc3C2=O)C(=O)N1. The zero-order valence-corrected chi connectivity index (χ0v) is 32.0. The van der Waals surface area contributed by atoms with Gasteiger partial charge in [0.05, 0.1) is 18.0 Å². The molecule has 5 aliphatic heterocycles. The number of hydrogen-bond donors (Lipinski definition) is 2. The van der Waals surface area contributed by atoms with Gasteiger partial charge >= 0.3 is 0 Å². The van der Waals surface area contributed by atoms with Gasteiger partial charge in [0.25, 0.3) is 5.91 Å². The van der Waals surface area contributed by atoms with Gasteiger partial charge in [-0.2, -0.15) is 0 Å². The summed E-state index contributed by atoms with van der Waals surface area (Å²) in [6.07, 6.45) is 15.3. The topological polar surface area (TPSA) is 106 Å². The number of nitrogens with zero attached hydrogens (tertiary/aromatic N) is 4. The molecule has 298 valence electrons. The fraction of sp³-hybridized carbons (Fsp3) is 0.489. The average Bonchev–Trinajstić information content (AvgIpc) is 3.93. The maximum atomic E-state index is 16.2. The first-order valence-corrected chi connectivity index (χ1v) is 20.8. The first kappa shape index (κ1) is 36.4. The van der Waals surface area contributed by atoms with Crippen molar-refractivity contribution in [2.75, 3.05) is 57.3 Å². The van der Waals surface area contributed by atoms with Crippen LogP contribution in [0, 0.1) is 35.4 Å². The van der Waals surface area contributed by atoms with Crippen LogP contribution in [0.15, 0.2) is 77.8 Å². The second kappa shape index (κ2) is 14.4. The molecule has 12 heteroatoms. The second-order valence-electron chi connectivity index (χ2n) is 17.3. The third kappa shape index (κ3) is 6.83. The molecular weight excluding hydrogens is 729 g/mol. The molecule has 10 rings (SSSR count). The van der Waals surface area contributed by atoms with Crippen LogP contribution in [0.25, 0.3) is 0 Å². The van der Waals surface area contributed by atoms with Crippen LogP contribution >= 0.6 is 0 Å². The highest BCUT2D eigenvalue weighted by molar-refractivity contribution is 6.05. The van der Waals surface area contributed by atoms with Gasteiger partial charge in [-0.05, 0) is 96.8 Å². The number of carbonyl (C=O) groups excluding carboxylic acids is 3. The van der Waals surface area contributed by atoms with Crippen molar-refractivity contribution in [2.24, 2.45) is 29.6 Å². The molecule has 4 fully saturated rings. The van der Waals surface area contributed by atoms with E-state index in [9.17, 15) is 19.5 Å². The monoisotopic (exact) mass is 777 g/mol. The van der Waals surface area contributed by atoms with Crippen LogP contribution in [0.5, 0.6) is 11.5 Å². The van der Waals surface area contributed by atoms with Crippen molar-refractivity contribution in [1.29, 1.82) is 0 Å². The fourth-order valence-electron chi connectivity index (χ4n) is 10.6. The predicted octanol–water partition coefficient (Wildman–Crippen LogP) is 5.81. The molecule has 3 saturated heterocycles. The lowest BCUT2D eigenvalue weighted by Crippen LogP contribution is -2.52. The summed E-state index contributed by atoms with van der Waals surface area (Å²) in [5, 5.41) is 12.5. The van der Waals surface area contributed by atoms with E-state index in [4.69, 9.17) is 4.74 Å². The van der Waals surface area contributed by atoms with Gasteiger partial charge < -0.3 is 24.5 Å². The van der Waals surface area contributed by atoms with Crippen molar-refractivity contribution in [3.63, 3.8) is 0 Å². The summed E-state index contributed by atoms with van der Waals surface area (Å²) in [5.41, 5.74) is 4.51. The number of fused-ring (bicyclic) bond motifs is 3. The number of piperidine rings is 2. The highest BCUT2D eigenvalue weighted by atomic mass is 19.1. The zero-order valence-electron chi connectivity index (χ0n) is 32.0. The summed E-state index contributed by atoms with van der Waals surface area (Å²) in [7, 11) is 0. The molecule has 2 aromatic rings. The third-order valence-electron chi connectivity index (χ3n) is 13.9. The summed E-state index contributed by atoms with van der Waals surface area (Å²) < 4.78 is 37.9. The van der Waals surface area contributed by atoms with Gasteiger partial charge in [0.15, 0.2) is 0 Å². The van der Waals surface area contributed by atoms with Crippen LogP contribution in [0.3, 0.4) is 0 Å². The van der Waals surface area contributed by atoms with Crippen molar-refractivity contribution in [3.05, 3.63) is 100 Å². The Morgan fingerprint density at radius 1 is 0.895 bits per heavy atom. The van der Waals surface area contributed by atoms with E-state index in [0.29, 0.717) is 60.1 Å². The molecular formula is C45H49F2N5O5. The van der Waals surface area contributed by atoms with Crippen LogP contribution in [-0.2, 0) is 16.1 Å². The van der Waals surface area contributed by atoms with Crippen LogP contribution in [0.4, 0.5) is 14.5 Å². The Hall–Kier alpha value is -4.97. The first-order valence-electron chi connectivity index (χ1n) is 20.8. The molecule has 0 bridgehead atoms. The lowest BCUT2D eigenvalue weighted by atomic mass is 9.69. The van der Waals surface area contributed by atoms with Gasteiger partial charge in [-0.1, -0.05) is 30.4 Å². The van der Waals surface area contributed by atoms with Gasteiger partial charge in [0, 0.05) is 82.2 Å². The molecule has 1 saturated carbocycles. The maximum Gasteiger partial charge on any atom is 0.255 e. The van der Waals surface area contributed by atoms with E-state index in [1.165, 1.54) is 23.0 Å². The van der Waals surface area contributed by atoms with E-state index in [1.54, 1.807) is 18.2 Å². The molecule has 5 unspecified atom stereocenters. The van der Waals surface area contributed by atoms with Crippen molar-refractivity contribution >= 4 is 23.4 Å². The molecule has 57 heavy (non-hydrogen) atoms. The number of likely N-dealkylation sites (tertiary alicyclic amines) is 1. The van der Waals surface area contributed by atoms with Crippen molar-refractivity contribution in [1.82, 2.24) is 20.0 Å². The minimum Gasteiger partial charge on any atom is -0.508 e. The molecule has 5 heterocycles. The summed E-state index contributed by atoms with van der Waals surface area (Å²) in [6, 6.07) is 7.70. The maximum absolute atomic E-state index is 16.2. The number of phenols is 1. The molecule has 8 aliphatic rings. The van der Waals surface area contributed by atoms with Gasteiger partial charge in [-0.3, -0.25) is 24.6 Å². The Morgan fingerprint density at radius 3 is 2.49 bits per heavy atom. The minimum absolute atomic E-state index is 0.0197. The van der Waals surface area contributed by atoms with E-state index in [2.05, 4.69) is 39.4 Å². The second-order valence-corrected chi connectivity index (χ2v) is 17.3. The molecule has 10 nitrogen and oxygen atoms in total. The van der Waals surface area contributed by atoms with E-state index in [-0.39, 0.29) is 66.1 Å². The number of imide groups is 1. The number of nitrogens with one attached hydrogen (secondary N) is 1. The molecule has 0 spiro atoms. The Balaban J connectivity index is 0.734. The van der Waals surface area contributed by atoms with Gasteiger partial charge in [0.1, 0.15) is 29.2 Å². The largest absolute Gasteiger partial charge is 0.508 e. The summed E-state index contributed by atoms with van der Waals surface area (Å²) >= 11 is 0. The van der Waals surface area contributed by atoms with E-state index >= 15 is 8.78 Å². The summed E-state index contributed by atoms with van der Waals surface area (Å²) in [6.45, 7) is 6.22. The lowest BCUT2D eigenvalue weighted by molar-refractivity contribution is -0.136. The number of halogens is 2. The molecule has 2 aromatic carbocycles. The summed E-state index contributed by atoms with van der Waals surface area (Å²) in [4.78, 5) is 45.4. The van der Waals surface area contributed by atoms with Crippen LogP contribution in [0.1, 0.15) is 65.9 Å². The Kier molecular flexibility index (Phi) is 9.22. The summed E-state index contributed by atoms with van der Waals surface area (Å²) in [5.74, 6) is 1.03. The number of hydrogen-bond acceptors (Lipinski definition) is 8. The number of anilines is 1. The third-order valence-corrected chi connectivity index (χ3v) is 13.9. The number of piperazine rings is 1. The number of rotatable bonds is 7. The molecule has 3 aliphatic carbocycles. The highest BCUT2D eigenvalue weighted by Crippen LogP contribution is 2.52. The molecule has 3 amide bonds. The average molecular weight is 778 g/mol. The number of phenolic OH excluding ortho intramolecular Hbond substituents is 1. The van der Waals surface area contributed by atoms with Crippen molar-refractivity contribution in [2.45, 2.75) is 57.0 Å².